The fraction of sp³-hybridized carbons (Fsp3) is 0.688. The Labute approximate surface area is 117 Å². The molecule has 1 atom stereocenters. The first-order valence-electron chi connectivity index (χ1n) is 7.56. The van der Waals surface area contributed by atoms with Gasteiger partial charge in [-0.3, -0.25) is 4.98 Å². The molecule has 2 heterocycles. The van der Waals surface area contributed by atoms with E-state index in [1.807, 2.05) is 12.4 Å². The molecular weight excluding hydrogens is 234 g/mol. The molecule has 1 aliphatic rings. The Hall–Kier alpha value is -0.930. The lowest BCUT2D eigenvalue weighted by Crippen LogP contribution is -2.29. The molecule has 3 nitrogen and oxygen atoms in total. The van der Waals surface area contributed by atoms with E-state index in [4.69, 9.17) is 0 Å². The summed E-state index contributed by atoms with van der Waals surface area (Å²) >= 11 is 0. The van der Waals surface area contributed by atoms with Crippen LogP contribution in [-0.2, 0) is 6.42 Å². The quantitative estimate of drug-likeness (QED) is 0.815. The minimum Gasteiger partial charge on any atom is -0.316 e. The van der Waals surface area contributed by atoms with E-state index < -0.39 is 0 Å². The Morgan fingerprint density at radius 3 is 2.89 bits per heavy atom. The van der Waals surface area contributed by atoms with Crippen molar-refractivity contribution in [2.24, 2.45) is 11.8 Å². The molecule has 1 aliphatic heterocycles. The number of nitrogens with zero attached hydrogens (tertiary/aromatic N) is 2. The second kappa shape index (κ2) is 7.61. The minimum absolute atomic E-state index is 0.754. The third-order valence-corrected chi connectivity index (χ3v) is 3.82. The first-order valence-corrected chi connectivity index (χ1v) is 7.56. The molecule has 0 saturated carbocycles. The largest absolute Gasteiger partial charge is 0.316 e. The van der Waals surface area contributed by atoms with Crippen molar-refractivity contribution in [1.82, 2.24) is 15.2 Å². The number of nitrogens with one attached hydrogen (secondary N) is 1. The molecule has 1 unspecified atom stereocenters. The molecule has 2 rings (SSSR count). The summed E-state index contributed by atoms with van der Waals surface area (Å²) in [4.78, 5) is 6.66. The van der Waals surface area contributed by atoms with Gasteiger partial charge in [-0.2, -0.15) is 0 Å². The molecule has 1 aromatic rings. The third kappa shape index (κ3) is 5.29. The zero-order valence-electron chi connectivity index (χ0n) is 12.3. The van der Waals surface area contributed by atoms with Crippen LogP contribution >= 0.6 is 0 Å². The topological polar surface area (TPSA) is 28.2 Å². The van der Waals surface area contributed by atoms with E-state index in [-0.39, 0.29) is 0 Å². The highest BCUT2D eigenvalue weighted by Crippen LogP contribution is 2.15. The molecule has 0 aliphatic carbocycles. The lowest BCUT2D eigenvalue weighted by atomic mass is 10.1. The number of hydrogen-bond acceptors (Lipinski definition) is 3. The Bertz CT molecular complexity index is 350. The van der Waals surface area contributed by atoms with Gasteiger partial charge in [-0.05, 0) is 62.0 Å². The second-order valence-corrected chi connectivity index (χ2v) is 6.11. The average molecular weight is 261 g/mol. The van der Waals surface area contributed by atoms with Crippen molar-refractivity contribution in [3.05, 3.63) is 30.1 Å². The fourth-order valence-corrected chi connectivity index (χ4v) is 2.70. The van der Waals surface area contributed by atoms with Crippen LogP contribution in [0.4, 0.5) is 0 Å². The van der Waals surface area contributed by atoms with Gasteiger partial charge in [0.15, 0.2) is 0 Å². The van der Waals surface area contributed by atoms with Crippen LogP contribution in [0.1, 0.15) is 25.8 Å². The van der Waals surface area contributed by atoms with Crippen molar-refractivity contribution in [2.45, 2.75) is 26.7 Å². The summed E-state index contributed by atoms with van der Waals surface area (Å²) in [7, 11) is 0. The first kappa shape index (κ1) is 14.5. The van der Waals surface area contributed by atoms with E-state index in [0.29, 0.717) is 0 Å². The maximum Gasteiger partial charge on any atom is 0.0270 e. The highest BCUT2D eigenvalue weighted by Gasteiger charge is 2.21. The van der Waals surface area contributed by atoms with Gasteiger partial charge in [0.2, 0.25) is 0 Å². The van der Waals surface area contributed by atoms with Crippen LogP contribution in [0.5, 0.6) is 0 Å². The molecule has 0 spiro atoms. The van der Waals surface area contributed by atoms with Crippen LogP contribution in [0.15, 0.2) is 24.5 Å². The van der Waals surface area contributed by atoms with Gasteiger partial charge in [0.25, 0.3) is 0 Å². The minimum atomic E-state index is 0.754. The molecule has 1 N–H and O–H groups in total. The molecular formula is C16H27N3. The number of hydrogen-bond donors (Lipinski definition) is 1. The van der Waals surface area contributed by atoms with E-state index in [1.54, 1.807) is 0 Å². The summed E-state index contributed by atoms with van der Waals surface area (Å²) < 4.78 is 0. The zero-order valence-corrected chi connectivity index (χ0v) is 12.3. The van der Waals surface area contributed by atoms with E-state index in [0.717, 1.165) is 24.8 Å². The standard InChI is InChI=1S/C16H27N3/c1-14(2)11-18-12-16-6-10-19(13-16)9-5-15-3-7-17-8-4-15/h3-4,7-8,14,16,18H,5-6,9-13H2,1-2H3. The van der Waals surface area contributed by atoms with Gasteiger partial charge in [0, 0.05) is 25.5 Å². The van der Waals surface area contributed by atoms with Crippen molar-refractivity contribution >= 4 is 0 Å². The number of likely N-dealkylation sites (tertiary alicyclic amines) is 1. The third-order valence-electron chi connectivity index (χ3n) is 3.82. The van der Waals surface area contributed by atoms with Crippen LogP contribution < -0.4 is 5.32 Å². The highest BCUT2D eigenvalue weighted by atomic mass is 15.1. The molecule has 0 radical (unpaired) electrons. The van der Waals surface area contributed by atoms with Crippen molar-refractivity contribution in [2.75, 3.05) is 32.7 Å². The molecule has 1 saturated heterocycles. The van der Waals surface area contributed by atoms with Gasteiger partial charge >= 0.3 is 0 Å². The molecule has 1 aromatic heterocycles. The van der Waals surface area contributed by atoms with Crippen LogP contribution in [0.3, 0.4) is 0 Å². The Morgan fingerprint density at radius 2 is 2.16 bits per heavy atom. The fourth-order valence-electron chi connectivity index (χ4n) is 2.70. The summed E-state index contributed by atoms with van der Waals surface area (Å²) in [6, 6.07) is 4.25. The van der Waals surface area contributed by atoms with Crippen LogP contribution in [0, 0.1) is 11.8 Å². The second-order valence-electron chi connectivity index (χ2n) is 6.11. The molecule has 19 heavy (non-hydrogen) atoms. The summed E-state index contributed by atoms with van der Waals surface area (Å²) in [5, 5.41) is 3.59. The summed E-state index contributed by atoms with van der Waals surface area (Å²) in [5.41, 5.74) is 1.40. The highest BCUT2D eigenvalue weighted by molar-refractivity contribution is 5.10. The molecule has 1 fully saturated rings. The van der Waals surface area contributed by atoms with Gasteiger partial charge in [-0.1, -0.05) is 13.8 Å². The maximum absolute atomic E-state index is 4.06. The summed E-state index contributed by atoms with van der Waals surface area (Å²) in [6.07, 6.45) is 6.27. The SMILES string of the molecule is CC(C)CNCC1CCN(CCc2ccncc2)C1. The van der Waals surface area contributed by atoms with Crippen molar-refractivity contribution in [1.29, 1.82) is 0 Å². The maximum atomic E-state index is 4.06. The molecule has 3 heteroatoms. The average Bonchev–Trinajstić information content (AvgIpc) is 2.85. The van der Waals surface area contributed by atoms with Gasteiger partial charge in [-0.25, -0.2) is 0 Å². The molecule has 0 amide bonds. The van der Waals surface area contributed by atoms with E-state index in [9.17, 15) is 0 Å². The van der Waals surface area contributed by atoms with E-state index in [2.05, 4.69) is 41.2 Å². The Kier molecular flexibility index (Phi) is 5.80. The predicted molar refractivity (Wildman–Crippen MR) is 80.2 cm³/mol. The first-order chi connectivity index (χ1) is 9.24. The summed E-state index contributed by atoms with van der Waals surface area (Å²) in [5.74, 6) is 1.60. The van der Waals surface area contributed by atoms with Crippen LogP contribution in [0.25, 0.3) is 0 Å². The van der Waals surface area contributed by atoms with Gasteiger partial charge in [0.1, 0.15) is 0 Å². The molecule has 0 bridgehead atoms. The number of rotatable bonds is 7. The van der Waals surface area contributed by atoms with E-state index >= 15 is 0 Å². The zero-order chi connectivity index (χ0) is 13.5. The smallest absolute Gasteiger partial charge is 0.0270 e. The van der Waals surface area contributed by atoms with Gasteiger partial charge < -0.3 is 10.2 Å². The lowest BCUT2D eigenvalue weighted by molar-refractivity contribution is 0.324. The van der Waals surface area contributed by atoms with Crippen molar-refractivity contribution in [3.63, 3.8) is 0 Å². The molecule has 106 valence electrons. The van der Waals surface area contributed by atoms with E-state index in [1.165, 1.54) is 38.2 Å². The van der Waals surface area contributed by atoms with Gasteiger partial charge in [0.05, 0.1) is 0 Å². The Balaban J connectivity index is 1.62. The van der Waals surface area contributed by atoms with Gasteiger partial charge in [-0.15, -0.1) is 0 Å². The van der Waals surface area contributed by atoms with Crippen LogP contribution in [0.2, 0.25) is 0 Å². The predicted octanol–water partition coefficient (Wildman–Crippen LogP) is 2.19. The Morgan fingerprint density at radius 1 is 1.37 bits per heavy atom. The van der Waals surface area contributed by atoms with Crippen LogP contribution in [-0.4, -0.2) is 42.6 Å². The lowest BCUT2D eigenvalue weighted by Gasteiger charge is -2.16. The van der Waals surface area contributed by atoms with Crippen molar-refractivity contribution in [3.8, 4) is 0 Å². The molecule has 0 aromatic carbocycles. The monoisotopic (exact) mass is 261 g/mol. The number of aromatic nitrogens is 1. The summed E-state index contributed by atoms with van der Waals surface area (Å²) in [6.45, 7) is 10.6. The van der Waals surface area contributed by atoms with Crippen molar-refractivity contribution < 1.29 is 0 Å². The normalized spacial score (nSPS) is 20.3. The number of pyridine rings is 1.